The van der Waals surface area contributed by atoms with Crippen LogP contribution in [0.4, 0.5) is 17.1 Å². The van der Waals surface area contributed by atoms with Crippen LogP contribution in [0.5, 0.6) is 0 Å². The van der Waals surface area contributed by atoms with Crippen LogP contribution >= 0.6 is 35.4 Å². The maximum atomic E-state index is 12.5. The van der Waals surface area contributed by atoms with Gasteiger partial charge >= 0.3 is 0 Å². The van der Waals surface area contributed by atoms with Crippen LogP contribution in [-0.4, -0.2) is 13.5 Å². The van der Waals surface area contributed by atoms with Crippen molar-refractivity contribution in [2.24, 2.45) is 0 Å². The van der Waals surface area contributed by atoms with Crippen LogP contribution in [0.2, 0.25) is 10.0 Å². The number of nitrogens with one attached hydrogen (secondary N) is 3. The summed E-state index contributed by atoms with van der Waals surface area (Å²) in [5.74, 6) is 0. The van der Waals surface area contributed by atoms with Gasteiger partial charge in [0.05, 0.1) is 4.90 Å². The monoisotopic (exact) mass is 451 g/mol. The fraction of sp³-hybridized carbons (Fsp3) is 0. The molecule has 0 atom stereocenters. The van der Waals surface area contributed by atoms with E-state index in [4.69, 9.17) is 35.4 Å². The molecule has 9 heteroatoms. The summed E-state index contributed by atoms with van der Waals surface area (Å²) in [6.45, 7) is 0. The first-order chi connectivity index (χ1) is 13.3. The second kappa shape index (κ2) is 8.79. The Bertz CT molecular complexity index is 1090. The van der Waals surface area contributed by atoms with E-state index in [0.717, 1.165) is 5.69 Å². The molecule has 5 nitrogen and oxygen atoms in total. The zero-order valence-electron chi connectivity index (χ0n) is 14.3. The minimum Gasteiger partial charge on any atom is -0.332 e. The summed E-state index contributed by atoms with van der Waals surface area (Å²) >= 11 is 17.0. The maximum absolute atomic E-state index is 12.5. The summed E-state index contributed by atoms with van der Waals surface area (Å²) in [5, 5.41) is 7.48. The van der Waals surface area contributed by atoms with Crippen LogP contribution in [0.1, 0.15) is 0 Å². The number of anilines is 3. The van der Waals surface area contributed by atoms with Crippen molar-refractivity contribution in [3.05, 3.63) is 82.8 Å². The van der Waals surface area contributed by atoms with Crippen molar-refractivity contribution < 1.29 is 8.42 Å². The summed E-state index contributed by atoms with van der Waals surface area (Å²) < 4.78 is 27.5. The zero-order valence-corrected chi connectivity index (χ0v) is 17.5. The Morgan fingerprint density at radius 1 is 0.750 bits per heavy atom. The van der Waals surface area contributed by atoms with Crippen LogP contribution in [0.15, 0.2) is 77.7 Å². The molecule has 0 aliphatic heterocycles. The van der Waals surface area contributed by atoms with Crippen LogP contribution in [0.25, 0.3) is 0 Å². The Balaban J connectivity index is 1.65. The minimum absolute atomic E-state index is 0.127. The molecule has 0 saturated heterocycles. The van der Waals surface area contributed by atoms with Crippen molar-refractivity contribution in [3.8, 4) is 0 Å². The summed E-state index contributed by atoms with van der Waals surface area (Å²) in [6, 6.07) is 19.8. The highest BCUT2D eigenvalue weighted by Gasteiger charge is 2.14. The van der Waals surface area contributed by atoms with Gasteiger partial charge in [0.2, 0.25) is 0 Å². The van der Waals surface area contributed by atoms with Gasteiger partial charge in [-0.05, 0) is 78.9 Å². The van der Waals surface area contributed by atoms with Crippen molar-refractivity contribution in [1.82, 2.24) is 0 Å². The largest absolute Gasteiger partial charge is 0.332 e. The maximum Gasteiger partial charge on any atom is 0.261 e. The second-order valence-corrected chi connectivity index (χ2v) is 8.69. The highest BCUT2D eigenvalue weighted by molar-refractivity contribution is 7.92. The Morgan fingerprint density at radius 3 is 2.00 bits per heavy atom. The third-order valence-corrected chi connectivity index (χ3v) is 5.69. The van der Waals surface area contributed by atoms with E-state index < -0.39 is 10.0 Å². The highest BCUT2D eigenvalue weighted by Crippen LogP contribution is 2.20. The Morgan fingerprint density at radius 2 is 1.36 bits per heavy atom. The van der Waals surface area contributed by atoms with E-state index in [1.807, 2.05) is 6.07 Å². The van der Waals surface area contributed by atoms with E-state index in [1.165, 1.54) is 12.1 Å². The molecule has 3 rings (SSSR count). The number of sulfonamides is 1. The van der Waals surface area contributed by atoms with Crippen molar-refractivity contribution in [1.29, 1.82) is 0 Å². The summed E-state index contributed by atoms with van der Waals surface area (Å²) in [7, 11) is -3.71. The first kappa shape index (κ1) is 20.4. The van der Waals surface area contributed by atoms with Crippen molar-refractivity contribution in [3.63, 3.8) is 0 Å². The minimum atomic E-state index is -3.71. The molecule has 144 valence electrons. The lowest BCUT2D eigenvalue weighted by Gasteiger charge is -2.12. The van der Waals surface area contributed by atoms with Crippen molar-refractivity contribution >= 4 is 67.6 Å². The zero-order chi connectivity index (χ0) is 20.1. The lowest BCUT2D eigenvalue weighted by Crippen LogP contribution is -2.19. The molecule has 3 aromatic rings. The number of hydrogen-bond acceptors (Lipinski definition) is 3. The SMILES string of the molecule is O=S(=O)(Nc1ccc(Cl)cc1)c1ccc(NC(=S)Nc2cccc(Cl)c2)cc1. The molecule has 28 heavy (non-hydrogen) atoms. The Hall–Kier alpha value is -2.32. The highest BCUT2D eigenvalue weighted by atomic mass is 35.5. The van der Waals surface area contributed by atoms with E-state index in [1.54, 1.807) is 54.6 Å². The number of thiocarbonyl (C=S) groups is 1. The molecule has 0 spiro atoms. The van der Waals surface area contributed by atoms with Crippen molar-refractivity contribution in [2.75, 3.05) is 15.4 Å². The van der Waals surface area contributed by atoms with E-state index in [2.05, 4.69) is 15.4 Å². The van der Waals surface area contributed by atoms with Gasteiger partial charge in [-0.25, -0.2) is 8.42 Å². The molecule has 0 aromatic heterocycles. The molecular weight excluding hydrogens is 437 g/mol. The fourth-order valence-corrected chi connectivity index (χ4v) is 3.92. The molecule has 0 radical (unpaired) electrons. The molecule has 3 aromatic carbocycles. The van der Waals surface area contributed by atoms with Gasteiger partial charge < -0.3 is 10.6 Å². The molecule has 0 amide bonds. The Kier molecular flexibility index (Phi) is 6.41. The van der Waals surface area contributed by atoms with Gasteiger partial charge in [0.25, 0.3) is 10.0 Å². The van der Waals surface area contributed by atoms with Gasteiger partial charge in [0.15, 0.2) is 5.11 Å². The van der Waals surface area contributed by atoms with Gasteiger partial charge in [-0.3, -0.25) is 4.72 Å². The molecule has 0 aliphatic carbocycles. The first-order valence-electron chi connectivity index (χ1n) is 8.04. The lowest BCUT2D eigenvalue weighted by molar-refractivity contribution is 0.601. The van der Waals surface area contributed by atoms with Gasteiger partial charge in [-0.2, -0.15) is 0 Å². The normalized spacial score (nSPS) is 10.9. The molecular formula is C19H15Cl2N3O2S2. The van der Waals surface area contributed by atoms with E-state index in [0.29, 0.717) is 26.5 Å². The third kappa shape index (κ3) is 5.59. The third-order valence-electron chi connectivity index (χ3n) is 3.60. The van der Waals surface area contributed by atoms with E-state index in [9.17, 15) is 8.42 Å². The lowest BCUT2D eigenvalue weighted by atomic mass is 10.3. The second-order valence-electron chi connectivity index (χ2n) is 5.73. The van der Waals surface area contributed by atoms with Crippen LogP contribution in [0, 0.1) is 0 Å². The molecule has 0 aliphatic rings. The van der Waals surface area contributed by atoms with Gasteiger partial charge in [0.1, 0.15) is 0 Å². The fourth-order valence-electron chi connectivity index (χ4n) is 2.31. The average Bonchev–Trinajstić information content (AvgIpc) is 2.64. The van der Waals surface area contributed by atoms with E-state index in [-0.39, 0.29) is 4.90 Å². The number of halogens is 2. The standard InChI is InChI=1S/C19H15Cl2N3O2S2/c20-13-4-6-16(7-5-13)24-28(25,26)18-10-8-15(9-11-18)22-19(27)23-17-3-1-2-14(21)12-17/h1-12,24H,(H2,22,23,27). The predicted octanol–water partition coefficient (Wildman–Crippen LogP) is 5.60. The molecule has 0 heterocycles. The summed E-state index contributed by atoms with van der Waals surface area (Å²) in [6.07, 6.45) is 0. The molecule has 3 N–H and O–H groups in total. The summed E-state index contributed by atoms with van der Waals surface area (Å²) in [5.41, 5.74) is 1.82. The molecule has 0 unspecified atom stereocenters. The van der Waals surface area contributed by atoms with Gasteiger partial charge in [-0.15, -0.1) is 0 Å². The molecule has 0 fully saturated rings. The topological polar surface area (TPSA) is 70.2 Å². The molecule has 0 bridgehead atoms. The van der Waals surface area contributed by atoms with Crippen molar-refractivity contribution in [2.45, 2.75) is 4.90 Å². The Labute approximate surface area is 178 Å². The number of benzene rings is 3. The number of rotatable bonds is 5. The van der Waals surface area contributed by atoms with Crippen LogP contribution in [0.3, 0.4) is 0 Å². The van der Waals surface area contributed by atoms with E-state index >= 15 is 0 Å². The smallest absolute Gasteiger partial charge is 0.261 e. The summed E-state index contributed by atoms with van der Waals surface area (Å²) in [4.78, 5) is 0.127. The molecule has 0 saturated carbocycles. The first-order valence-corrected chi connectivity index (χ1v) is 10.7. The van der Waals surface area contributed by atoms with Crippen LogP contribution in [-0.2, 0) is 10.0 Å². The predicted molar refractivity (Wildman–Crippen MR) is 120 cm³/mol. The van der Waals surface area contributed by atoms with Gasteiger partial charge in [-0.1, -0.05) is 29.3 Å². The quantitative estimate of drug-likeness (QED) is 0.440. The number of hydrogen-bond donors (Lipinski definition) is 3. The van der Waals surface area contributed by atoms with Crippen LogP contribution < -0.4 is 15.4 Å². The average molecular weight is 452 g/mol. The van der Waals surface area contributed by atoms with Gasteiger partial charge in [0, 0.05) is 27.1 Å².